The topological polar surface area (TPSA) is 94.6 Å². The van der Waals surface area contributed by atoms with Crippen molar-refractivity contribution >= 4 is 17.7 Å². The average Bonchev–Trinajstić information content (AvgIpc) is 2.76. The molecule has 2 aliphatic rings. The number of nitrogens with zero attached hydrogens (tertiary/aromatic N) is 2. The molecule has 1 unspecified atom stereocenters. The lowest BCUT2D eigenvalue weighted by Gasteiger charge is -2.41. The molecule has 7 nitrogen and oxygen atoms in total. The maximum absolute atomic E-state index is 12.3. The van der Waals surface area contributed by atoms with Gasteiger partial charge in [-0.2, -0.15) is 0 Å². The van der Waals surface area contributed by atoms with Crippen LogP contribution in [0.3, 0.4) is 0 Å². The first-order chi connectivity index (χ1) is 15.4. The number of carbonyl (C=O) groups is 2. The van der Waals surface area contributed by atoms with Crippen molar-refractivity contribution in [2.45, 2.75) is 83.7 Å². The smallest absolute Gasteiger partial charge is 0.326 e. The van der Waals surface area contributed by atoms with Gasteiger partial charge < -0.3 is 20.6 Å². The summed E-state index contributed by atoms with van der Waals surface area (Å²) in [7, 11) is 2.07. The lowest BCUT2D eigenvalue weighted by Crippen LogP contribution is -2.47. The third-order valence-corrected chi connectivity index (χ3v) is 7.34. The van der Waals surface area contributed by atoms with E-state index >= 15 is 0 Å². The predicted molar refractivity (Wildman–Crippen MR) is 127 cm³/mol. The standard InChI is InChI=1S/C25H40N4O3/c1-4-18(5-2)24(30)28-22(25(31)32)12-14-29(3)21-15-17(16-21)8-10-20-11-9-19-7-6-13-26-23(19)27-20/h9,11,17-18,21-22H,4-8,10,12-16H2,1-3H3,(H,26,27)(H,28,30)(H,31,32). The van der Waals surface area contributed by atoms with Crippen LogP contribution in [0.25, 0.3) is 0 Å². The molecule has 3 N–H and O–H groups in total. The fourth-order valence-electron chi connectivity index (χ4n) is 4.88. The van der Waals surface area contributed by atoms with Gasteiger partial charge in [0.2, 0.25) is 5.91 Å². The Morgan fingerprint density at radius 2 is 2.03 bits per heavy atom. The van der Waals surface area contributed by atoms with Gasteiger partial charge in [-0.3, -0.25) is 4.79 Å². The molecule has 32 heavy (non-hydrogen) atoms. The highest BCUT2D eigenvalue weighted by Gasteiger charge is 2.32. The van der Waals surface area contributed by atoms with Gasteiger partial charge in [-0.1, -0.05) is 19.9 Å². The minimum Gasteiger partial charge on any atom is -0.480 e. The van der Waals surface area contributed by atoms with Crippen molar-refractivity contribution in [3.63, 3.8) is 0 Å². The number of aromatic nitrogens is 1. The van der Waals surface area contributed by atoms with E-state index in [9.17, 15) is 14.7 Å². The Morgan fingerprint density at radius 1 is 1.28 bits per heavy atom. The molecule has 178 valence electrons. The summed E-state index contributed by atoms with van der Waals surface area (Å²) in [6, 6.07) is 4.09. The molecule has 2 heterocycles. The molecular formula is C25H40N4O3. The fourth-order valence-corrected chi connectivity index (χ4v) is 4.88. The van der Waals surface area contributed by atoms with E-state index in [0.717, 1.165) is 57.3 Å². The molecule has 1 aliphatic heterocycles. The van der Waals surface area contributed by atoms with Crippen LogP contribution in [0, 0.1) is 11.8 Å². The number of carbonyl (C=O) groups excluding carboxylic acids is 1. The number of hydrogen-bond donors (Lipinski definition) is 3. The van der Waals surface area contributed by atoms with E-state index in [4.69, 9.17) is 4.98 Å². The Balaban J connectivity index is 1.37. The molecule has 0 saturated heterocycles. The summed E-state index contributed by atoms with van der Waals surface area (Å²) in [6.07, 6.45) is 8.67. The van der Waals surface area contributed by atoms with Crippen molar-refractivity contribution < 1.29 is 14.7 Å². The van der Waals surface area contributed by atoms with E-state index in [-0.39, 0.29) is 11.8 Å². The summed E-state index contributed by atoms with van der Waals surface area (Å²) in [5.41, 5.74) is 2.51. The van der Waals surface area contributed by atoms with Gasteiger partial charge in [0.1, 0.15) is 11.9 Å². The Morgan fingerprint density at radius 3 is 2.72 bits per heavy atom. The molecule has 1 aromatic rings. The predicted octanol–water partition coefficient (Wildman–Crippen LogP) is 3.48. The molecular weight excluding hydrogens is 404 g/mol. The van der Waals surface area contributed by atoms with Crippen molar-refractivity contribution in [1.29, 1.82) is 0 Å². The Kier molecular flexibility index (Phi) is 8.91. The molecule has 3 rings (SSSR count). The van der Waals surface area contributed by atoms with Gasteiger partial charge in [0.25, 0.3) is 0 Å². The van der Waals surface area contributed by atoms with Gasteiger partial charge in [-0.25, -0.2) is 9.78 Å². The molecule has 1 fully saturated rings. The minimum absolute atomic E-state index is 0.109. The minimum atomic E-state index is -0.948. The van der Waals surface area contributed by atoms with Crippen molar-refractivity contribution in [2.75, 3.05) is 25.5 Å². The van der Waals surface area contributed by atoms with Crippen molar-refractivity contribution in [2.24, 2.45) is 11.8 Å². The van der Waals surface area contributed by atoms with Crippen LogP contribution >= 0.6 is 0 Å². The zero-order chi connectivity index (χ0) is 23.1. The number of aryl methyl sites for hydroxylation is 2. The maximum Gasteiger partial charge on any atom is 0.326 e. The normalized spacial score (nSPS) is 20.9. The molecule has 0 radical (unpaired) electrons. The first-order valence-corrected chi connectivity index (χ1v) is 12.4. The number of pyridine rings is 1. The third kappa shape index (κ3) is 6.44. The van der Waals surface area contributed by atoms with Crippen LogP contribution in [0.1, 0.15) is 70.1 Å². The van der Waals surface area contributed by atoms with E-state index in [1.807, 2.05) is 13.8 Å². The molecule has 7 heteroatoms. The van der Waals surface area contributed by atoms with E-state index in [1.165, 1.54) is 17.7 Å². The lowest BCUT2D eigenvalue weighted by molar-refractivity contribution is -0.142. The molecule has 0 bridgehead atoms. The molecule has 0 aromatic carbocycles. The van der Waals surface area contributed by atoms with Crippen LogP contribution in [-0.2, 0) is 22.4 Å². The van der Waals surface area contributed by atoms with Crippen molar-refractivity contribution in [3.8, 4) is 0 Å². The number of aliphatic carboxylic acids is 1. The van der Waals surface area contributed by atoms with E-state index in [2.05, 4.69) is 34.7 Å². The van der Waals surface area contributed by atoms with Gasteiger partial charge >= 0.3 is 5.97 Å². The quantitative estimate of drug-likeness (QED) is 0.457. The SMILES string of the molecule is CCC(CC)C(=O)NC(CCN(C)C1CC(CCc2ccc3c(n2)NCCC3)C1)C(=O)O. The van der Waals surface area contributed by atoms with Crippen molar-refractivity contribution in [1.82, 2.24) is 15.2 Å². The van der Waals surface area contributed by atoms with Crippen LogP contribution in [0.4, 0.5) is 5.82 Å². The van der Waals surface area contributed by atoms with Gasteiger partial charge in [0.05, 0.1) is 0 Å². The Bertz CT molecular complexity index is 774. The van der Waals surface area contributed by atoms with Crippen LogP contribution in [0.5, 0.6) is 0 Å². The Labute approximate surface area is 192 Å². The van der Waals surface area contributed by atoms with E-state index in [1.54, 1.807) is 0 Å². The summed E-state index contributed by atoms with van der Waals surface area (Å²) < 4.78 is 0. The van der Waals surface area contributed by atoms with Crippen LogP contribution in [-0.4, -0.2) is 59.1 Å². The number of carboxylic acid groups (broad SMARTS) is 1. The average molecular weight is 445 g/mol. The number of rotatable bonds is 12. The summed E-state index contributed by atoms with van der Waals surface area (Å²) in [5.74, 6) is 0.584. The van der Waals surface area contributed by atoms with Crippen LogP contribution in [0.2, 0.25) is 0 Å². The van der Waals surface area contributed by atoms with Gasteiger partial charge in [-0.15, -0.1) is 0 Å². The largest absolute Gasteiger partial charge is 0.480 e. The second kappa shape index (κ2) is 11.6. The summed E-state index contributed by atoms with van der Waals surface area (Å²) in [4.78, 5) is 31.0. The first kappa shape index (κ1) is 24.5. The highest BCUT2D eigenvalue weighted by Crippen LogP contribution is 2.34. The third-order valence-electron chi connectivity index (χ3n) is 7.34. The number of fused-ring (bicyclic) bond motifs is 1. The number of anilines is 1. The highest BCUT2D eigenvalue weighted by atomic mass is 16.4. The fraction of sp³-hybridized carbons (Fsp3) is 0.720. The summed E-state index contributed by atoms with van der Waals surface area (Å²) in [6.45, 7) is 5.62. The zero-order valence-electron chi connectivity index (χ0n) is 19.9. The molecule has 1 amide bonds. The van der Waals surface area contributed by atoms with E-state index in [0.29, 0.717) is 24.9 Å². The van der Waals surface area contributed by atoms with Crippen LogP contribution in [0.15, 0.2) is 12.1 Å². The number of carboxylic acids is 1. The highest BCUT2D eigenvalue weighted by molar-refractivity contribution is 5.84. The molecule has 1 atom stereocenters. The lowest BCUT2D eigenvalue weighted by atomic mass is 9.76. The first-order valence-electron chi connectivity index (χ1n) is 12.4. The number of amides is 1. The van der Waals surface area contributed by atoms with E-state index < -0.39 is 12.0 Å². The maximum atomic E-state index is 12.3. The monoisotopic (exact) mass is 444 g/mol. The second-order valence-corrected chi connectivity index (χ2v) is 9.55. The molecule has 1 aliphatic carbocycles. The van der Waals surface area contributed by atoms with Gasteiger partial charge in [0.15, 0.2) is 0 Å². The second-order valence-electron chi connectivity index (χ2n) is 9.55. The summed E-state index contributed by atoms with van der Waals surface area (Å²) in [5, 5.41) is 15.7. The van der Waals surface area contributed by atoms with Gasteiger partial charge in [0, 0.05) is 30.7 Å². The number of hydrogen-bond acceptors (Lipinski definition) is 5. The molecule has 0 spiro atoms. The zero-order valence-corrected chi connectivity index (χ0v) is 19.9. The van der Waals surface area contributed by atoms with Crippen LogP contribution < -0.4 is 10.6 Å². The Hall–Kier alpha value is -2.15. The number of nitrogens with one attached hydrogen (secondary N) is 2. The molecule has 1 saturated carbocycles. The molecule has 1 aromatic heterocycles. The van der Waals surface area contributed by atoms with Gasteiger partial charge in [-0.05, 0) is 82.4 Å². The van der Waals surface area contributed by atoms with Crippen molar-refractivity contribution in [3.05, 3.63) is 23.4 Å². The summed E-state index contributed by atoms with van der Waals surface area (Å²) >= 11 is 0.